The van der Waals surface area contributed by atoms with E-state index in [9.17, 15) is 0 Å². The van der Waals surface area contributed by atoms with Crippen molar-refractivity contribution in [2.75, 3.05) is 13.1 Å². The van der Waals surface area contributed by atoms with Crippen LogP contribution in [0.4, 0.5) is 0 Å². The molecule has 0 spiro atoms. The third-order valence-electron chi connectivity index (χ3n) is 0.894. The average Bonchev–Trinajstić information content (AvgIpc) is 1.65. The topological polar surface area (TPSA) is 3.24 Å². The van der Waals surface area contributed by atoms with Gasteiger partial charge in [0.25, 0.3) is 0 Å². The molecule has 1 unspecified atom stereocenters. The van der Waals surface area contributed by atoms with Gasteiger partial charge in [-0.25, -0.2) is 0 Å². The van der Waals surface area contributed by atoms with Gasteiger partial charge < -0.3 is 12.4 Å². The molecular formula is C4H13ClNP. The second-order valence-corrected chi connectivity index (χ2v) is 2.20. The zero-order valence-electron chi connectivity index (χ0n) is 4.95. The van der Waals surface area contributed by atoms with Crippen molar-refractivity contribution in [3.05, 3.63) is 0 Å². The van der Waals surface area contributed by atoms with Crippen LogP contribution in [0.25, 0.3) is 0 Å². The lowest BCUT2D eigenvalue weighted by atomic mass is 10.7. The van der Waals surface area contributed by atoms with Crippen LogP contribution >= 0.6 is 9.39 Å². The molecule has 0 aromatic carbocycles. The molecule has 0 fully saturated rings. The number of rotatable bonds is 2. The predicted octanol–water partition coefficient (Wildman–Crippen LogP) is -2.15. The van der Waals surface area contributed by atoms with E-state index in [1.807, 2.05) is 9.39 Å². The molecule has 0 amide bonds. The highest BCUT2D eigenvalue weighted by atomic mass is 35.5. The first kappa shape index (κ1) is 10.6. The first-order valence-electron chi connectivity index (χ1n) is 2.36. The molecule has 1 atom stereocenters. The zero-order chi connectivity index (χ0) is 4.99. The zero-order valence-corrected chi connectivity index (χ0v) is 7.12. The van der Waals surface area contributed by atoms with Crippen LogP contribution in [0.2, 0.25) is 0 Å². The van der Waals surface area contributed by atoms with Crippen LogP contribution in [0.1, 0.15) is 13.8 Å². The summed E-state index contributed by atoms with van der Waals surface area (Å²) in [6, 6.07) is 0. The van der Waals surface area contributed by atoms with Gasteiger partial charge in [-0.1, -0.05) is 0 Å². The summed E-state index contributed by atoms with van der Waals surface area (Å²) in [6.07, 6.45) is 0. The molecule has 7 heavy (non-hydrogen) atoms. The van der Waals surface area contributed by atoms with E-state index in [4.69, 9.17) is 0 Å². The molecule has 0 saturated carbocycles. The van der Waals surface area contributed by atoms with Crippen LogP contribution in [-0.4, -0.2) is 17.8 Å². The number of nitrogens with zero attached hydrogens (tertiary/aromatic N) is 1. The minimum atomic E-state index is 0. The van der Waals surface area contributed by atoms with E-state index in [1.165, 1.54) is 13.1 Å². The maximum Gasteiger partial charge on any atom is 0.0431 e. The molecule has 0 bridgehead atoms. The third kappa shape index (κ3) is 6.68. The van der Waals surface area contributed by atoms with Crippen molar-refractivity contribution in [2.45, 2.75) is 13.8 Å². The molecule has 0 saturated heterocycles. The van der Waals surface area contributed by atoms with Crippen LogP contribution in [-0.2, 0) is 0 Å². The molecule has 0 N–H and O–H groups in total. The van der Waals surface area contributed by atoms with Crippen molar-refractivity contribution in [2.24, 2.45) is 0 Å². The standard InChI is InChI=1S/C4H12NP.ClH/c1-3-5(6)4-2;/h3-4,6H2,1-2H3;1H. The Labute approximate surface area is 54.1 Å². The van der Waals surface area contributed by atoms with Gasteiger partial charge in [0, 0.05) is 22.5 Å². The molecule has 0 heterocycles. The van der Waals surface area contributed by atoms with Gasteiger partial charge in [-0.3, -0.25) is 0 Å². The number of hydrogen-bond acceptors (Lipinski definition) is 1. The van der Waals surface area contributed by atoms with E-state index < -0.39 is 0 Å². The Hall–Kier alpha value is 0.680. The summed E-state index contributed by atoms with van der Waals surface area (Å²) in [5.74, 6) is 0. The van der Waals surface area contributed by atoms with Crippen molar-refractivity contribution in [3.63, 3.8) is 0 Å². The van der Waals surface area contributed by atoms with E-state index in [1.54, 1.807) is 0 Å². The van der Waals surface area contributed by atoms with Crippen molar-refractivity contribution >= 4 is 9.39 Å². The summed E-state index contributed by atoms with van der Waals surface area (Å²) in [6.45, 7) is 6.68. The SMILES string of the molecule is CCN([PH3+])CC.[Cl-]. The monoisotopic (exact) mass is 141 g/mol. The van der Waals surface area contributed by atoms with Gasteiger partial charge >= 0.3 is 0 Å². The minimum absolute atomic E-state index is 0. The van der Waals surface area contributed by atoms with Crippen LogP contribution < -0.4 is 12.4 Å². The van der Waals surface area contributed by atoms with E-state index in [0.29, 0.717) is 0 Å². The summed E-state index contributed by atoms with van der Waals surface area (Å²) in [5.41, 5.74) is 0. The third-order valence-corrected chi connectivity index (χ3v) is 1.79. The predicted molar refractivity (Wildman–Crippen MR) is 34.0 cm³/mol. The molecule has 0 rings (SSSR count). The smallest absolute Gasteiger partial charge is 0.0431 e. The summed E-state index contributed by atoms with van der Waals surface area (Å²) in [7, 11) is 1.93. The van der Waals surface area contributed by atoms with Crippen LogP contribution in [0.15, 0.2) is 0 Å². The first-order valence-corrected chi connectivity index (χ1v) is 3.00. The fraction of sp³-hybridized carbons (Fsp3) is 1.00. The molecule has 0 aromatic heterocycles. The summed E-state index contributed by atoms with van der Waals surface area (Å²) in [4.78, 5) is 0. The lowest BCUT2D eigenvalue weighted by molar-refractivity contribution is -0.00000139. The second kappa shape index (κ2) is 6.68. The fourth-order valence-electron chi connectivity index (χ4n) is 0.224. The second-order valence-electron chi connectivity index (χ2n) is 1.30. The van der Waals surface area contributed by atoms with Crippen LogP contribution in [0.5, 0.6) is 0 Å². The Morgan fingerprint density at radius 1 is 1.29 bits per heavy atom. The van der Waals surface area contributed by atoms with Gasteiger partial charge in [0.1, 0.15) is 0 Å². The number of hydrogen-bond donors (Lipinski definition) is 0. The maximum atomic E-state index is 2.28. The highest BCUT2D eigenvalue weighted by molar-refractivity contribution is 7.13. The van der Waals surface area contributed by atoms with E-state index >= 15 is 0 Å². The maximum absolute atomic E-state index is 2.28. The van der Waals surface area contributed by atoms with Gasteiger partial charge in [0.2, 0.25) is 0 Å². The van der Waals surface area contributed by atoms with Gasteiger partial charge in [0.15, 0.2) is 0 Å². The van der Waals surface area contributed by atoms with Crippen molar-refractivity contribution in [3.8, 4) is 0 Å². The molecule has 0 aromatic rings. The van der Waals surface area contributed by atoms with Gasteiger partial charge in [-0.05, 0) is 13.8 Å². The minimum Gasteiger partial charge on any atom is -1.00 e. The van der Waals surface area contributed by atoms with E-state index in [2.05, 4.69) is 18.5 Å². The summed E-state index contributed by atoms with van der Waals surface area (Å²) in [5, 5.41) is 0. The fourth-order valence-corrected chi connectivity index (χ4v) is 0.224. The normalized spacial score (nSPS) is 9.00. The van der Waals surface area contributed by atoms with Gasteiger partial charge in [-0.15, -0.1) is 0 Å². The highest BCUT2D eigenvalue weighted by Gasteiger charge is 1.87. The molecule has 46 valence electrons. The molecule has 0 aliphatic rings. The lowest BCUT2D eigenvalue weighted by Gasteiger charge is -2.00. The summed E-state index contributed by atoms with van der Waals surface area (Å²) >= 11 is 0. The largest absolute Gasteiger partial charge is 1.00 e. The Morgan fingerprint density at radius 2 is 1.57 bits per heavy atom. The molecular weight excluding hydrogens is 128 g/mol. The summed E-state index contributed by atoms with van der Waals surface area (Å²) < 4.78 is 2.28. The van der Waals surface area contributed by atoms with Gasteiger partial charge in [-0.2, -0.15) is 4.67 Å². The van der Waals surface area contributed by atoms with Gasteiger partial charge in [0.05, 0.1) is 0 Å². The van der Waals surface area contributed by atoms with Crippen molar-refractivity contribution in [1.29, 1.82) is 0 Å². The quantitative estimate of drug-likeness (QED) is 0.397. The van der Waals surface area contributed by atoms with Crippen molar-refractivity contribution < 1.29 is 12.4 Å². The Kier molecular flexibility index (Phi) is 10.1. The molecule has 0 aliphatic carbocycles. The first-order chi connectivity index (χ1) is 2.81. The van der Waals surface area contributed by atoms with Crippen molar-refractivity contribution in [1.82, 2.24) is 4.67 Å². The Bertz CT molecular complexity index is 30.9. The molecule has 3 heteroatoms. The van der Waals surface area contributed by atoms with E-state index in [-0.39, 0.29) is 12.4 Å². The lowest BCUT2D eigenvalue weighted by Crippen LogP contribution is -3.00. The van der Waals surface area contributed by atoms with E-state index in [0.717, 1.165) is 0 Å². The Balaban J connectivity index is 0. The molecule has 0 aliphatic heterocycles. The van der Waals surface area contributed by atoms with Crippen LogP contribution in [0, 0.1) is 0 Å². The highest BCUT2D eigenvalue weighted by Crippen LogP contribution is 1.92. The number of halogens is 1. The molecule has 0 radical (unpaired) electrons. The molecule has 1 nitrogen and oxygen atoms in total. The Morgan fingerprint density at radius 3 is 1.57 bits per heavy atom. The average molecular weight is 142 g/mol. The van der Waals surface area contributed by atoms with Crippen LogP contribution in [0.3, 0.4) is 0 Å².